The summed E-state index contributed by atoms with van der Waals surface area (Å²) in [5.41, 5.74) is 5.57. The Labute approximate surface area is 82.3 Å². The minimum atomic E-state index is 0.142. The van der Waals surface area contributed by atoms with Gasteiger partial charge in [-0.15, -0.1) is 0 Å². The van der Waals surface area contributed by atoms with Crippen molar-refractivity contribution in [3.63, 3.8) is 0 Å². The Morgan fingerprint density at radius 1 is 1.31 bits per heavy atom. The molecule has 1 aliphatic rings. The van der Waals surface area contributed by atoms with E-state index in [1.54, 1.807) is 11.8 Å². The van der Waals surface area contributed by atoms with Crippen molar-refractivity contribution < 1.29 is 4.79 Å². The monoisotopic (exact) mass is 188 g/mol. The van der Waals surface area contributed by atoms with E-state index < -0.39 is 0 Å². The Morgan fingerprint density at radius 2 is 1.77 bits per heavy atom. The molecule has 1 fully saturated rings. The van der Waals surface area contributed by atoms with Gasteiger partial charge in [0.1, 0.15) is 0 Å². The number of rotatable bonds is 0. The quantitative estimate of drug-likeness (QED) is 0.628. The highest BCUT2D eigenvalue weighted by molar-refractivity contribution is 5.73. The van der Waals surface area contributed by atoms with Crippen LogP contribution in [0.15, 0.2) is 0 Å². The van der Waals surface area contributed by atoms with Gasteiger partial charge in [-0.2, -0.15) is 0 Å². The van der Waals surface area contributed by atoms with Crippen LogP contribution >= 0.6 is 0 Å². The molecule has 0 unspecified atom stereocenters. The number of nitrogens with two attached hydrogens (primary N) is 1. The van der Waals surface area contributed by atoms with E-state index in [9.17, 15) is 4.79 Å². The maximum absolute atomic E-state index is 10.7. The van der Waals surface area contributed by atoms with Gasteiger partial charge in [-0.25, -0.2) is 0 Å². The molecule has 0 saturated carbocycles. The second-order valence-corrected chi connectivity index (χ2v) is 2.51. The lowest BCUT2D eigenvalue weighted by atomic mass is 10.3. The maximum atomic E-state index is 10.7. The zero-order valence-electron chi connectivity index (χ0n) is 9.63. The molecular weight excluding hydrogens is 164 g/mol. The van der Waals surface area contributed by atoms with Crippen molar-refractivity contribution >= 4 is 5.91 Å². The molecule has 1 amide bonds. The number of carbonyl (C=O) groups is 1. The van der Waals surface area contributed by atoms with Crippen LogP contribution in [-0.2, 0) is 4.79 Å². The number of amides is 1. The van der Waals surface area contributed by atoms with Gasteiger partial charge in [0.2, 0.25) is 5.91 Å². The highest BCUT2D eigenvalue weighted by atomic mass is 16.2. The number of carbonyl (C=O) groups excluding carboxylic acids is 1. The molecule has 80 valence electrons. The lowest BCUT2D eigenvalue weighted by Gasteiger charge is -2.11. The summed E-state index contributed by atoms with van der Waals surface area (Å²) in [5.74, 6) is 0.142. The molecule has 3 heteroatoms. The summed E-state index contributed by atoms with van der Waals surface area (Å²) in [5, 5.41) is 0. The minimum absolute atomic E-state index is 0.142. The molecule has 0 aliphatic carbocycles. The van der Waals surface area contributed by atoms with E-state index in [1.807, 2.05) is 27.7 Å². The zero-order chi connectivity index (χ0) is 10.9. The summed E-state index contributed by atoms with van der Waals surface area (Å²) in [6.45, 7) is 11.2. The van der Waals surface area contributed by atoms with Gasteiger partial charge in [-0.05, 0) is 6.42 Å². The third kappa shape index (κ3) is 6.58. The SMILES string of the molecule is CC.CC.CC(=O)N1CC[C@@H](N)C1. The Kier molecular flexibility index (Phi) is 10.9. The Balaban J connectivity index is 0. The van der Waals surface area contributed by atoms with Crippen LogP contribution in [0.2, 0.25) is 0 Å². The smallest absolute Gasteiger partial charge is 0.219 e. The van der Waals surface area contributed by atoms with Crippen LogP contribution in [0.25, 0.3) is 0 Å². The van der Waals surface area contributed by atoms with E-state index in [1.165, 1.54) is 0 Å². The highest BCUT2D eigenvalue weighted by Crippen LogP contribution is 2.05. The van der Waals surface area contributed by atoms with Crippen molar-refractivity contribution in [2.45, 2.75) is 47.1 Å². The van der Waals surface area contributed by atoms with Crippen molar-refractivity contribution in [2.24, 2.45) is 5.73 Å². The van der Waals surface area contributed by atoms with Crippen LogP contribution in [0.5, 0.6) is 0 Å². The molecule has 1 rings (SSSR count). The van der Waals surface area contributed by atoms with Gasteiger partial charge >= 0.3 is 0 Å². The molecule has 0 aromatic carbocycles. The summed E-state index contributed by atoms with van der Waals surface area (Å²) < 4.78 is 0. The van der Waals surface area contributed by atoms with Crippen LogP contribution in [0, 0.1) is 0 Å². The molecule has 0 radical (unpaired) electrons. The van der Waals surface area contributed by atoms with Crippen LogP contribution < -0.4 is 5.73 Å². The average molecular weight is 188 g/mol. The van der Waals surface area contributed by atoms with Crippen LogP contribution in [0.4, 0.5) is 0 Å². The van der Waals surface area contributed by atoms with Crippen LogP contribution in [-0.4, -0.2) is 29.9 Å². The van der Waals surface area contributed by atoms with Crippen molar-refractivity contribution in [3.8, 4) is 0 Å². The lowest BCUT2D eigenvalue weighted by molar-refractivity contribution is -0.127. The third-order valence-corrected chi connectivity index (χ3v) is 1.67. The molecule has 1 heterocycles. The van der Waals surface area contributed by atoms with E-state index in [0.717, 1.165) is 19.5 Å². The first-order chi connectivity index (χ1) is 6.20. The number of hydrogen-bond donors (Lipinski definition) is 1. The fraction of sp³-hybridized carbons (Fsp3) is 0.900. The van der Waals surface area contributed by atoms with Gasteiger partial charge in [0, 0.05) is 26.1 Å². The summed E-state index contributed by atoms with van der Waals surface area (Å²) in [7, 11) is 0. The first-order valence-electron chi connectivity index (χ1n) is 5.21. The topological polar surface area (TPSA) is 46.3 Å². The number of hydrogen-bond acceptors (Lipinski definition) is 2. The maximum Gasteiger partial charge on any atom is 0.219 e. The Hall–Kier alpha value is -0.570. The molecular formula is C10H24N2O. The molecule has 1 saturated heterocycles. The molecule has 3 nitrogen and oxygen atoms in total. The fourth-order valence-electron chi connectivity index (χ4n) is 1.07. The van der Waals surface area contributed by atoms with Crippen molar-refractivity contribution in [1.29, 1.82) is 0 Å². The summed E-state index contributed by atoms with van der Waals surface area (Å²) in [4.78, 5) is 12.4. The first kappa shape index (κ1) is 14.9. The molecule has 0 bridgehead atoms. The van der Waals surface area contributed by atoms with Gasteiger partial charge in [0.05, 0.1) is 0 Å². The Morgan fingerprint density at radius 3 is 1.92 bits per heavy atom. The first-order valence-corrected chi connectivity index (χ1v) is 5.21. The third-order valence-electron chi connectivity index (χ3n) is 1.67. The predicted molar refractivity (Wildman–Crippen MR) is 57.5 cm³/mol. The van der Waals surface area contributed by atoms with E-state index in [2.05, 4.69) is 0 Å². The summed E-state index contributed by atoms with van der Waals surface area (Å²) in [6, 6.07) is 0.217. The van der Waals surface area contributed by atoms with Gasteiger partial charge in [0.25, 0.3) is 0 Å². The van der Waals surface area contributed by atoms with Crippen LogP contribution in [0.1, 0.15) is 41.0 Å². The standard InChI is InChI=1S/C6H12N2O.2C2H6/c1-5(9)8-3-2-6(7)4-8;2*1-2/h6H,2-4,7H2,1H3;2*1-2H3/t6-;;/m1../s1. The van der Waals surface area contributed by atoms with Crippen molar-refractivity contribution in [2.75, 3.05) is 13.1 Å². The van der Waals surface area contributed by atoms with E-state index in [4.69, 9.17) is 5.73 Å². The molecule has 0 aromatic heterocycles. The van der Waals surface area contributed by atoms with Crippen LogP contribution in [0.3, 0.4) is 0 Å². The van der Waals surface area contributed by atoms with E-state index in [0.29, 0.717) is 0 Å². The lowest BCUT2D eigenvalue weighted by Crippen LogP contribution is -2.29. The predicted octanol–water partition coefficient (Wildman–Crippen LogP) is 1.62. The van der Waals surface area contributed by atoms with E-state index in [-0.39, 0.29) is 11.9 Å². The largest absolute Gasteiger partial charge is 0.341 e. The second kappa shape index (κ2) is 9.52. The Bertz CT molecular complexity index is 126. The van der Waals surface area contributed by atoms with Gasteiger partial charge in [-0.1, -0.05) is 27.7 Å². The van der Waals surface area contributed by atoms with Gasteiger partial charge in [0.15, 0.2) is 0 Å². The highest BCUT2D eigenvalue weighted by Gasteiger charge is 2.20. The molecule has 0 aromatic rings. The number of likely N-dealkylation sites (tertiary alicyclic amines) is 1. The molecule has 0 spiro atoms. The summed E-state index contributed by atoms with van der Waals surface area (Å²) in [6.07, 6.45) is 0.958. The number of nitrogens with zero attached hydrogens (tertiary/aromatic N) is 1. The second-order valence-electron chi connectivity index (χ2n) is 2.51. The molecule has 2 N–H and O–H groups in total. The summed E-state index contributed by atoms with van der Waals surface area (Å²) >= 11 is 0. The van der Waals surface area contributed by atoms with Crippen molar-refractivity contribution in [3.05, 3.63) is 0 Å². The van der Waals surface area contributed by atoms with Crippen molar-refractivity contribution in [1.82, 2.24) is 4.90 Å². The molecule has 1 atom stereocenters. The molecule has 13 heavy (non-hydrogen) atoms. The van der Waals surface area contributed by atoms with Gasteiger partial charge < -0.3 is 10.6 Å². The normalized spacial score (nSPS) is 19.5. The zero-order valence-corrected chi connectivity index (χ0v) is 9.63. The minimum Gasteiger partial charge on any atom is -0.341 e. The van der Waals surface area contributed by atoms with Gasteiger partial charge in [-0.3, -0.25) is 4.79 Å². The van der Waals surface area contributed by atoms with E-state index >= 15 is 0 Å². The average Bonchev–Trinajstić information content (AvgIpc) is 2.59. The fourth-order valence-corrected chi connectivity index (χ4v) is 1.07. The molecule has 1 aliphatic heterocycles.